The second kappa shape index (κ2) is 10.2. The second-order valence-corrected chi connectivity index (χ2v) is 5.13. The summed E-state index contributed by atoms with van der Waals surface area (Å²) >= 11 is 2.32. The molecule has 0 aliphatic rings. The fourth-order valence-electron chi connectivity index (χ4n) is 1.90. The number of benzene rings is 1. The van der Waals surface area contributed by atoms with Crippen molar-refractivity contribution in [3.05, 3.63) is 23.3 Å². The van der Waals surface area contributed by atoms with Gasteiger partial charge in [0.25, 0.3) is 0 Å². The van der Waals surface area contributed by atoms with Crippen LogP contribution in [-0.2, 0) is 20.3 Å². The molecule has 0 N–H and O–H groups in total. The first-order valence-electron chi connectivity index (χ1n) is 6.72. The SMILES string of the molecule is CCCCc1ccc(OCOC)c(CI)c1OCOC. The first-order chi connectivity index (χ1) is 9.78. The summed E-state index contributed by atoms with van der Waals surface area (Å²) in [7, 11) is 3.24. The molecule has 1 aromatic carbocycles. The summed E-state index contributed by atoms with van der Waals surface area (Å²) in [4.78, 5) is 0. The van der Waals surface area contributed by atoms with E-state index in [1.807, 2.05) is 6.07 Å². The van der Waals surface area contributed by atoms with E-state index in [-0.39, 0.29) is 13.6 Å². The molecule has 5 heteroatoms. The molecule has 1 aromatic rings. The number of rotatable bonds is 10. The van der Waals surface area contributed by atoms with E-state index in [0.29, 0.717) is 0 Å². The summed E-state index contributed by atoms with van der Waals surface area (Å²) in [6.45, 7) is 2.67. The van der Waals surface area contributed by atoms with Crippen molar-refractivity contribution in [1.29, 1.82) is 0 Å². The molecule has 1 rings (SSSR count). The van der Waals surface area contributed by atoms with Gasteiger partial charge >= 0.3 is 0 Å². The highest BCUT2D eigenvalue weighted by molar-refractivity contribution is 14.1. The lowest BCUT2D eigenvalue weighted by Crippen LogP contribution is -2.07. The van der Waals surface area contributed by atoms with Gasteiger partial charge in [-0.05, 0) is 24.5 Å². The van der Waals surface area contributed by atoms with E-state index in [0.717, 1.165) is 40.8 Å². The van der Waals surface area contributed by atoms with Crippen molar-refractivity contribution in [2.75, 3.05) is 27.8 Å². The Balaban J connectivity index is 3.05. The Labute approximate surface area is 134 Å². The van der Waals surface area contributed by atoms with Crippen molar-refractivity contribution < 1.29 is 18.9 Å². The molecule has 0 fully saturated rings. The molecule has 4 nitrogen and oxygen atoms in total. The Morgan fingerprint density at radius 1 is 1.05 bits per heavy atom. The molecule has 0 saturated heterocycles. The van der Waals surface area contributed by atoms with Crippen LogP contribution in [0.2, 0.25) is 0 Å². The number of aryl methyl sites for hydroxylation is 1. The van der Waals surface area contributed by atoms with Crippen LogP contribution in [0.3, 0.4) is 0 Å². The van der Waals surface area contributed by atoms with Gasteiger partial charge in [0.2, 0.25) is 0 Å². The highest BCUT2D eigenvalue weighted by Crippen LogP contribution is 2.35. The van der Waals surface area contributed by atoms with Crippen LogP contribution in [0.4, 0.5) is 0 Å². The minimum atomic E-state index is 0.238. The molecule has 0 unspecified atom stereocenters. The van der Waals surface area contributed by atoms with Crippen molar-refractivity contribution in [2.45, 2.75) is 30.6 Å². The van der Waals surface area contributed by atoms with Gasteiger partial charge in [0.1, 0.15) is 11.5 Å². The minimum Gasteiger partial charge on any atom is -0.467 e. The van der Waals surface area contributed by atoms with Crippen LogP contribution < -0.4 is 9.47 Å². The van der Waals surface area contributed by atoms with Gasteiger partial charge in [0.15, 0.2) is 13.6 Å². The third-order valence-corrected chi connectivity index (χ3v) is 3.65. The maximum absolute atomic E-state index is 5.78. The van der Waals surface area contributed by atoms with Crippen LogP contribution in [0.5, 0.6) is 11.5 Å². The van der Waals surface area contributed by atoms with E-state index in [9.17, 15) is 0 Å². The van der Waals surface area contributed by atoms with Crippen molar-refractivity contribution in [1.82, 2.24) is 0 Å². The fraction of sp³-hybridized carbons (Fsp3) is 0.600. The molecule has 0 saturated carbocycles. The molecule has 0 aromatic heterocycles. The summed E-state index contributed by atoms with van der Waals surface area (Å²) in [6, 6.07) is 4.07. The van der Waals surface area contributed by atoms with Gasteiger partial charge in [0, 0.05) is 24.2 Å². The number of methoxy groups -OCH3 is 2. The average Bonchev–Trinajstić information content (AvgIpc) is 2.48. The van der Waals surface area contributed by atoms with E-state index in [2.05, 4.69) is 35.6 Å². The quantitative estimate of drug-likeness (QED) is 0.342. The van der Waals surface area contributed by atoms with Crippen molar-refractivity contribution >= 4 is 22.6 Å². The number of alkyl halides is 1. The van der Waals surface area contributed by atoms with Crippen LogP contribution in [0.15, 0.2) is 12.1 Å². The monoisotopic (exact) mass is 394 g/mol. The first-order valence-corrected chi connectivity index (χ1v) is 8.25. The molecular formula is C15H23IO4. The Morgan fingerprint density at radius 2 is 1.75 bits per heavy atom. The summed E-state index contributed by atoms with van der Waals surface area (Å²) in [5.74, 6) is 1.70. The fourth-order valence-corrected chi connectivity index (χ4v) is 2.63. The molecule has 0 spiro atoms. The Morgan fingerprint density at radius 3 is 2.35 bits per heavy atom. The van der Waals surface area contributed by atoms with Crippen LogP contribution in [0.1, 0.15) is 30.9 Å². The van der Waals surface area contributed by atoms with E-state index < -0.39 is 0 Å². The normalized spacial score (nSPS) is 10.6. The lowest BCUT2D eigenvalue weighted by molar-refractivity contribution is 0.0445. The predicted molar refractivity (Wildman–Crippen MR) is 87.8 cm³/mol. The molecule has 0 radical (unpaired) electrons. The Bertz CT molecular complexity index is 396. The molecule has 0 aliphatic heterocycles. The number of halogens is 1. The summed E-state index contributed by atoms with van der Waals surface area (Å²) in [5.41, 5.74) is 2.27. The Hall–Kier alpha value is -0.530. The second-order valence-electron chi connectivity index (χ2n) is 4.37. The van der Waals surface area contributed by atoms with Gasteiger partial charge in [-0.15, -0.1) is 0 Å². The topological polar surface area (TPSA) is 36.9 Å². The van der Waals surface area contributed by atoms with Gasteiger partial charge in [-0.3, -0.25) is 0 Å². The van der Waals surface area contributed by atoms with Gasteiger partial charge < -0.3 is 18.9 Å². The minimum absolute atomic E-state index is 0.238. The smallest absolute Gasteiger partial charge is 0.188 e. The van der Waals surface area contributed by atoms with E-state index in [4.69, 9.17) is 18.9 Å². The zero-order valence-corrected chi connectivity index (χ0v) is 14.6. The standard InChI is InChI=1S/C15H23IO4/c1-4-5-6-12-7-8-14(19-10-17-2)13(9-16)15(12)20-11-18-3/h7-8H,4-6,9-11H2,1-3H3. The molecule has 0 bridgehead atoms. The number of ether oxygens (including phenoxy) is 4. The van der Waals surface area contributed by atoms with Gasteiger partial charge in [-0.1, -0.05) is 42.0 Å². The first kappa shape index (κ1) is 17.5. The lowest BCUT2D eigenvalue weighted by Gasteiger charge is -2.18. The number of unbranched alkanes of at least 4 members (excludes halogenated alkanes) is 1. The molecule has 0 atom stereocenters. The molecule has 20 heavy (non-hydrogen) atoms. The molecule has 0 amide bonds. The van der Waals surface area contributed by atoms with Crippen LogP contribution >= 0.6 is 22.6 Å². The zero-order chi connectivity index (χ0) is 14.8. The highest BCUT2D eigenvalue weighted by atomic mass is 127. The third kappa shape index (κ3) is 5.10. The molecule has 0 aliphatic carbocycles. The maximum atomic E-state index is 5.78. The average molecular weight is 394 g/mol. The van der Waals surface area contributed by atoms with Crippen molar-refractivity contribution in [3.63, 3.8) is 0 Å². The van der Waals surface area contributed by atoms with Gasteiger partial charge in [-0.2, -0.15) is 0 Å². The van der Waals surface area contributed by atoms with Crippen molar-refractivity contribution in [3.8, 4) is 11.5 Å². The Kier molecular flexibility index (Phi) is 8.97. The highest BCUT2D eigenvalue weighted by Gasteiger charge is 2.15. The zero-order valence-electron chi connectivity index (χ0n) is 12.4. The van der Waals surface area contributed by atoms with Crippen molar-refractivity contribution in [2.24, 2.45) is 0 Å². The van der Waals surface area contributed by atoms with E-state index in [1.54, 1.807) is 14.2 Å². The largest absolute Gasteiger partial charge is 0.467 e. The molecule has 0 heterocycles. The predicted octanol–water partition coefficient (Wildman–Crippen LogP) is 3.93. The van der Waals surface area contributed by atoms with Crippen LogP contribution in [0, 0.1) is 0 Å². The lowest BCUT2D eigenvalue weighted by atomic mass is 10.0. The molecule has 114 valence electrons. The maximum Gasteiger partial charge on any atom is 0.188 e. The summed E-state index contributed by atoms with van der Waals surface area (Å²) < 4.78 is 22.2. The van der Waals surface area contributed by atoms with Crippen LogP contribution in [0.25, 0.3) is 0 Å². The van der Waals surface area contributed by atoms with Crippen LogP contribution in [-0.4, -0.2) is 27.8 Å². The summed E-state index contributed by atoms with van der Waals surface area (Å²) in [5, 5.41) is 0. The number of hydrogen-bond donors (Lipinski definition) is 0. The van der Waals surface area contributed by atoms with E-state index >= 15 is 0 Å². The van der Waals surface area contributed by atoms with Gasteiger partial charge in [-0.25, -0.2) is 0 Å². The van der Waals surface area contributed by atoms with E-state index in [1.165, 1.54) is 5.56 Å². The number of hydrogen-bond acceptors (Lipinski definition) is 4. The van der Waals surface area contributed by atoms with Gasteiger partial charge in [0.05, 0.1) is 0 Å². The summed E-state index contributed by atoms with van der Waals surface area (Å²) in [6.07, 6.45) is 3.30. The third-order valence-electron chi connectivity index (χ3n) is 2.89. The molecular weight excluding hydrogens is 371 g/mol.